The van der Waals surface area contributed by atoms with E-state index >= 15 is 0 Å². The molecule has 0 spiro atoms. The van der Waals surface area contributed by atoms with Crippen LogP contribution in [0.1, 0.15) is 24.2 Å². The van der Waals surface area contributed by atoms with Crippen molar-refractivity contribution >= 4 is 5.91 Å². The van der Waals surface area contributed by atoms with Crippen LogP contribution in [0.15, 0.2) is 67.4 Å². The van der Waals surface area contributed by atoms with Crippen molar-refractivity contribution in [3.8, 4) is 0 Å². The second kappa shape index (κ2) is 9.16. The Bertz CT molecular complexity index is 391. The fourth-order valence-corrected chi connectivity index (χ4v) is 1.18. The third kappa shape index (κ3) is 5.52. The lowest BCUT2D eigenvalue weighted by molar-refractivity contribution is 0.0967. The zero-order valence-electron chi connectivity index (χ0n) is 10.4. The van der Waals surface area contributed by atoms with Crippen LogP contribution in [-0.4, -0.2) is 5.91 Å². The summed E-state index contributed by atoms with van der Waals surface area (Å²) in [5.74, 6) is -0.0817. The van der Waals surface area contributed by atoms with Crippen molar-refractivity contribution in [3.05, 3.63) is 73.0 Å². The molecule has 1 aromatic carbocycles. The van der Waals surface area contributed by atoms with E-state index in [9.17, 15) is 4.79 Å². The Hall–Kier alpha value is -2.09. The zero-order valence-corrected chi connectivity index (χ0v) is 10.4. The lowest BCUT2D eigenvalue weighted by atomic mass is 10.2. The molecule has 2 heteroatoms. The number of benzene rings is 1. The third-order valence-corrected chi connectivity index (χ3v) is 1.95. The summed E-state index contributed by atoms with van der Waals surface area (Å²) >= 11 is 0. The van der Waals surface area contributed by atoms with Gasteiger partial charge in [0.1, 0.15) is 0 Å². The van der Waals surface area contributed by atoms with Crippen LogP contribution in [0.25, 0.3) is 0 Å². The van der Waals surface area contributed by atoms with Crippen molar-refractivity contribution in [2.45, 2.75) is 13.8 Å². The maximum absolute atomic E-state index is 11.7. The number of carbonyl (C=O) groups excluding carboxylic acids is 1. The highest BCUT2D eigenvalue weighted by Gasteiger charge is 2.03. The number of nitrogens with one attached hydrogen (secondary N) is 1. The average Bonchev–Trinajstić information content (AvgIpc) is 2.41. The van der Waals surface area contributed by atoms with Crippen LogP contribution in [0.5, 0.6) is 0 Å². The molecule has 0 bridgehead atoms. The van der Waals surface area contributed by atoms with Crippen molar-refractivity contribution in [2.75, 3.05) is 0 Å². The minimum atomic E-state index is -0.0817. The van der Waals surface area contributed by atoms with Crippen LogP contribution in [0.4, 0.5) is 0 Å². The van der Waals surface area contributed by atoms with Gasteiger partial charge in [0.2, 0.25) is 0 Å². The zero-order chi connectivity index (χ0) is 13.1. The predicted molar refractivity (Wildman–Crippen MR) is 73.7 cm³/mol. The molecule has 0 aliphatic heterocycles. The Morgan fingerprint density at radius 1 is 1.18 bits per heavy atom. The van der Waals surface area contributed by atoms with Crippen LogP contribution in [0.2, 0.25) is 0 Å². The molecule has 0 aromatic heterocycles. The van der Waals surface area contributed by atoms with Crippen molar-refractivity contribution in [2.24, 2.45) is 0 Å². The quantitative estimate of drug-likeness (QED) is 0.621. The molecule has 0 atom stereocenters. The van der Waals surface area contributed by atoms with Gasteiger partial charge in [-0.1, -0.05) is 30.4 Å². The number of carbonyl (C=O) groups is 1. The summed E-state index contributed by atoms with van der Waals surface area (Å²) in [4.78, 5) is 11.7. The fourth-order valence-electron chi connectivity index (χ4n) is 1.18. The molecule has 0 heterocycles. The Morgan fingerprint density at radius 3 is 2.24 bits per heavy atom. The molecule has 1 rings (SSSR count). The first-order chi connectivity index (χ1) is 8.27. The van der Waals surface area contributed by atoms with Gasteiger partial charge in [0.15, 0.2) is 0 Å². The summed E-state index contributed by atoms with van der Waals surface area (Å²) in [6.07, 6.45) is 5.61. The molecule has 0 radical (unpaired) electrons. The minimum Gasteiger partial charge on any atom is -0.322 e. The van der Waals surface area contributed by atoms with Gasteiger partial charge in [0.25, 0.3) is 5.91 Å². The van der Waals surface area contributed by atoms with E-state index < -0.39 is 0 Å². The molecular weight excluding hydrogens is 210 g/mol. The monoisotopic (exact) mass is 229 g/mol. The van der Waals surface area contributed by atoms with E-state index in [1.807, 2.05) is 50.3 Å². The SMILES string of the molecule is C/C=C\C(=C/C)NC(=O)c1ccccc1.C=C. The first-order valence-corrected chi connectivity index (χ1v) is 5.43. The number of amides is 1. The van der Waals surface area contributed by atoms with Gasteiger partial charge in [-0.2, -0.15) is 0 Å². The van der Waals surface area contributed by atoms with E-state index in [1.165, 1.54) is 0 Å². The Kier molecular flexibility index (Phi) is 8.03. The first kappa shape index (κ1) is 14.9. The van der Waals surface area contributed by atoms with Gasteiger partial charge in [-0.15, -0.1) is 13.2 Å². The second-order valence-electron chi connectivity index (χ2n) is 3.06. The summed E-state index contributed by atoms with van der Waals surface area (Å²) in [5.41, 5.74) is 1.48. The third-order valence-electron chi connectivity index (χ3n) is 1.95. The van der Waals surface area contributed by atoms with E-state index in [0.717, 1.165) is 5.70 Å². The van der Waals surface area contributed by atoms with Gasteiger partial charge >= 0.3 is 0 Å². The molecule has 0 unspecified atom stereocenters. The molecule has 1 aromatic rings. The van der Waals surface area contributed by atoms with E-state index in [2.05, 4.69) is 18.5 Å². The fraction of sp³-hybridized carbons (Fsp3) is 0.133. The number of allylic oxidation sites excluding steroid dienone is 3. The van der Waals surface area contributed by atoms with Crippen molar-refractivity contribution in [3.63, 3.8) is 0 Å². The van der Waals surface area contributed by atoms with Crippen LogP contribution < -0.4 is 5.32 Å². The van der Waals surface area contributed by atoms with E-state index in [1.54, 1.807) is 12.1 Å². The number of hydrogen-bond donors (Lipinski definition) is 1. The Labute approximate surface area is 103 Å². The minimum absolute atomic E-state index is 0.0817. The van der Waals surface area contributed by atoms with Gasteiger partial charge in [-0.05, 0) is 32.1 Å². The molecule has 2 nitrogen and oxygen atoms in total. The van der Waals surface area contributed by atoms with E-state index in [4.69, 9.17) is 0 Å². The molecular formula is C15H19NO. The predicted octanol–water partition coefficient (Wildman–Crippen LogP) is 3.70. The molecule has 1 N–H and O–H groups in total. The molecule has 0 saturated heterocycles. The molecule has 17 heavy (non-hydrogen) atoms. The van der Waals surface area contributed by atoms with Crippen LogP contribution in [0.3, 0.4) is 0 Å². The van der Waals surface area contributed by atoms with Crippen molar-refractivity contribution in [1.29, 1.82) is 0 Å². The van der Waals surface area contributed by atoms with Crippen molar-refractivity contribution in [1.82, 2.24) is 5.32 Å². The van der Waals surface area contributed by atoms with Gasteiger partial charge < -0.3 is 5.32 Å². The molecule has 90 valence electrons. The number of hydrogen-bond acceptors (Lipinski definition) is 1. The molecule has 0 fully saturated rings. The Morgan fingerprint density at radius 2 is 1.76 bits per heavy atom. The number of rotatable bonds is 3. The van der Waals surface area contributed by atoms with Gasteiger partial charge in [0, 0.05) is 11.3 Å². The van der Waals surface area contributed by atoms with Crippen LogP contribution >= 0.6 is 0 Å². The highest BCUT2D eigenvalue weighted by molar-refractivity contribution is 5.95. The highest BCUT2D eigenvalue weighted by Crippen LogP contribution is 2.00. The van der Waals surface area contributed by atoms with E-state index in [-0.39, 0.29) is 5.91 Å². The van der Waals surface area contributed by atoms with Crippen molar-refractivity contribution < 1.29 is 4.79 Å². The van der Waals surface area contributed by atoms with Crippen LogP contribution in [-0.2, 0) is 0 Å². The molecule has 0 saturated carbocycles. The van der Waals surface area contributed by atoms with Crippen LogP contribution in [0, 0.1) is 0 Å². The van der Waals surface area contributed by atoms with Gasteiger partial charge in [0.05, 0.1) is 0 Å². The first-order valence-electron chi connectivity index (χ1n) is 5.43. The maximum atomic E-state index is 11.7. The second-order valence-corrected chi connectivity index (χ2v) is 3.06. The lowest BCUT2D eigenvalue weighted by Gasteiger charge is -2.04. The summed E-state index contributed by atoms with van der Waals surface area (Å²) in [5, 5.41) is 2.82. The summed E-state index contributed by atoms with van der Waals surface area (Å²) < 4.78 is 0. The largest absolute Gasteiger partial charge is 0.322 e. The average molecular weight is 229 g/mol. The summed E-state index contributed by atoms with van der Waals surface area (Å²) in [6, 6.07) is 9.16. The topological polar surface area (TPSA) is 29.1 Å². The van der Waals surface area contributed by atoms with Gasteiger partial charge in [-0.25, -0.2) is 0 Å². The molecule has 1 amide bonds. The standard InChI is InChI=1S/C13H15NO.C2H4/c1-3-8-12(4-2)14-13(15)11-9-6-5-7-10-11;1-2/h3-10H,1-2H3,(H,14,15);1-2H2/b8-3-,12-4+;. The maximum Gasteiger partial charge on any atom is 0.255 e. The normalized spacial score (nSPS) is 10.6. The van der Waals surface area contributed by atoms with Gasteiger partial charge in [-0.3, -0.25) is 4.79 Å². The highest BCUT2D eigenvalue weighted by atomic mass is 16.1. The smallest absolute Gasteiger partial charge is 0.255 e. The van der Waals surface area contributed by atoms with E-state index in [0.29, 0.717) is 5.56 Å². The lowest BCUT2D eigenvalue weighted by Crippen LogP contribution is -2.21. The Balaban J connectivity index is 0.00000121. The summed E-state index contributed by atoms with van der Waals surface area (Å²) in [7, 11) is 0. The molecule has 0 aliphatic rings. The molecule has 0 aliphatic carbocycles. The summed E-state index contributed by atoms with van der Waals surface area (Å²) in [6.45, 7) is 9.80.